The zero-order valence-electron chi connectivity index (χ0n) is 20.1. The summed E-state index contributed by atoms with van der Waals surface area (Å²) in [5.41, 5.74) is 8.33. The predicted molar refractivity (Wildman–Crippen MR) is 133 cm³/mol. The molecule has 0 saturated carbocycles. The summed E-state index contributed by atoms with van der Waals surface area (Å²) >= 11 is 0. The number of ether oxygens (including phenoxy) is 2. The van der Waals surface area contributed by atoms with Crippen LogP contribution in [0.1, 0.15) is 41.9 Å². The summed E-state index contributed by atoms with van der Waals surface area (Å²) in [7, 11) is 0. The molecule has 0 spiro atoms. The highest BCUT2D eigenvalue weighted by atomic mass is 16.5. The zero-order valence-corrected chi connectivity index (χ0v) is 20.1. The van der Waals surface area contributed by atoms with Crippen LogP contribution in [0.3, 0.4) is 0 Å². The number of rotatable bonds is 10. The van der Waals surface area contributed by atoms with E-state index < -0.39 is 0 Å². The minimum Gasteiger partial charge on any atom is -0.494 e. The number of esters is 1. The molecule has 178 valence electrons. The Balaban J connectivity index is 1.62. The number of nitrogens with zero attached hydrogens (tertiary/aromatic N) is 2. The lowest BCUT2D eigenvalue weighted by molar-refractivity contribution is -0.142. The van der Waals surface area contributed by atoms with E-state index in [1.54, 1.807) is 13.1 Å². The fourth-order valence-corrected chi connectivity index (χ4v) is 3.73. The highest BCUT2D eigenvalue weighted by molar-refractivity contribution is 5.85. The molecule has 0 atom stereocenters. The number of carbonyl (C=O) groups excluding carboxylic acids is 2. The van der Waals surface area contributed by atoms with Gasteiger partial charge in [-0.05, 0) is 69.2 Å². The summed E-state index contributed by atoms with van der Waals surface area (Å²) < 4.78 is 12.5. The molecule has 0 fully saturated rings. The second-order valence-corrected chi connectivity index (χ2v) is 7.86. The zero-order chi connectivity index (χ0) is 24.5. The normalized spacial score (nSPS) is 10.9. The number of aromatic nitrogens is 1. The van der Waals surface area contributed by atoms with Gasteiger partial charge in [0.25, 0.3) is 0 Å². The fourth-order valence-electron chi connectivity index (χ4n) is 3.73. The molecule has 3 rings (SSSR count). The van der Waals surface area contributed by atoms with Gasteiger partial charge < -0.3 is 14.0 Å². The third-order valence-electron chi connectivity index (χ3n) is 5.31. The van der Waals surface area contributed by atoms with Crippen LogP contribution in [0.2, 0.25) is 0 Å². The van der Waals surface area contributed by atoms with Gasteiger partial charge in [-0.1, -0.05) is 24.3 Å². The molecule has 0 radical (unpaired) electrons. The van der Waals surface area contributed by atoms with Crippen molar-refractivity contribution < 1.29 is 19.1 Å². The molecule has 1 amide bonds. The maximum absolute atomic E-state index is 12.2. The van der Waals surface area contributed by atoms with Gasteiger partial charge in [-0.2, -0.15) is 5.10 Å². The van der Waals surface area contributed by atoms with E-state index in [0.717, 1.165) is 39.5 Å². The van der Waals surface area contributed by atoms with E-state index in [-0.39, 0.29) is 24.7 Å². The van der Waals surface area contributed by atoms with Crippen molar-refractivity contribution in [2.45, 2.75) is 40.5 Å². The van der Waals surface area contributed by atoms with Crippen LogP contribution in [-0.2, 0) is 27.2 Å². The minimum atomic E-state index is -0.230. The monoisotopic (exact) mass is 461 g/mol. The summed E-state index contributed by atoms with van der Waals surface area (Å²) in [4.78, 5) is 23.9. The minimum absolute atomic E-state index is 0.189. The number of amides is 1. The topological polar surface area (TPSA) is 81.9 Å². The van der Waals surface area contributed by atoms with Crippen molar-refractivity contribution in [3.63, 3.8) is 0 Å². The Labute approximate surface area is 200 Å². The summed E-state index contributed by atoms with van der Waals surface area (Å²) in [6.07, 6.45) is 2.15. The predicted octanol–water partition coefficient (Wildman–Crippen LogP) is 4.29. The summed E-state index contributed by atoms with van der Waals surface area (Å²) in [5, 5.41) is 4.14. The molecule has 7 nitrogen and oxygen atoms in total. The molecule has 0 aliphatic rings. The third-order valence-corrected chi connectivity index (χ3v) is 5.31. The number of hydrogen-bond donors (Lipinski definition) is 1. The molecule has 0 unspecified atom stereocenters. The van der Waals surface area contributed by atoms with Gasteiger partial charge in [-0.15, -0.1) is 0 Å². The smallest absolute Gasteiger partial charge is 0.310 e. The first-order valence-corrected chi connectivity index (χ1v) is 11.4. The molecule has 0 aliphatic heterocycles. The van der Waals surface area contributed by atoms with Crippen LogP contribution in [-0.4, -0.2) is 35.9 Å². The van der Waals surface area contributed by atoms with E-state index >= 15 is 0 Å². The highest BCUT2D eigenvalue weighted by Crippen LogP contribution is 2.20. The van der Waals surface area contributed by atoms with Crippen molar-refractivity contribution in [1.29, 1.82) is 0 Å². The van der Waals surface area contributed by atoms with E-state index in [2.05, 4.69) is 15.1 Å². The van der Waals surface area contributed by atoms with Crippen molar-refractivity contribution in [3.05, 3.63) is 82.7 Å². The Morgan fingerprint density at radius 2 is 1.59 bits per heavy atom. The molecular formula is C27H31N3O4. The first kappa shape index (κ1) is 24.8. The van der Waals surface area contributed by atoms with Crippen LogP contribution in [0.15, 0.2) is 59.7 Å². The lowest BCUT2D eigenvalue weighted by Gasteiger charge is -2.10. The second kappa shape index (κ2) is 11.8. The summed E-state index contributed by atoms with van der Waals surface area (Å²) in [6, 6.07) is 17.3. The molecule has 7 heteroatoms. The van der Waals surface area contributed by atoms with Gasteiger partial charge in [-0.3, -0.25) is 9.59 Å². The molecule has 3 aromatic rings. The van der Waals surface area contributed by atoms with Crippen LogP contribution >= 0.6 is 0 Å². The highest BCUT2D eigenvalue weighted by Gasteiger charge is 2.11. The van der Waals surface area contributed by atoms with E-state index in [1.165, 1.54) is 0 Å². The Morgan fingerprint density at radius 1 is 0.941 bits per heavy atom. The largest absolute Gasteiger partial charge is 0.494 e. The molecule has 0 bridgehead atoms. The molecule has 2 aromatic carbocycles. The first-order valence-electron chi connectivity index (χ1n) is 11.4. The Bertz CT molecular complexity index is 1150. The van der Waals surface area contributed by atoms with Crippen LogP contribution < -0.4 is 10.2 Å². The van der Waals surface area contributed by atoms with Crippen molar-refractivity contribution >= 4 is 18.1 Å². The van der Waals surface area contributed by atoms with Gasteiger partial charge in [0.15, 0.2) is 0 Å². The molecule has 1 aromatic heterocycles. The van der Waals surface area contributed by atoms with E-state index in [0.29, 0.717) is 13.2 Å². The van der Waals surface area contributed by atoms with E-state index in [1.807, 2.05) is 75.4 Å². The molecule has 1 heterocycles. The van der Waals surface area contributed by atoms with Gasteiger partial charge in [0.1, 0.15) is 5.75 Å². The van der Waals surface area contributed by atoms with Gasteiger partial charge in [0.05, 0.1) is 32.3 Å². The molecule has 0 saturated heterocycles. The van der Waals surface area contributed by atoms with Gasteiger partial charge in [0, 0.05) is 22.6 Å². The Morgan fingerprint density at radius 3 is 2.24 bits per heavy atom. The van der Waals surface area contributed by atoms with Crippen molar-refractivity contribution in [1.82, 2.24) is 9.99 Å². The number of hydrazone groups is 1. The van der Waals surface area contributed by atoms with E-state index in [4.69, 9.17) is 9.47 Å². The molecular weight excluding hydrogens is 430 g/mol. The SMILES string of the molecule is CCOC(=O)Cc1ccc(-n2c(C)cc(/C=N\NC(=O)Cc3ccc(OCC)cc3)c2C)cc1. The summed E-state index contributed by atoms with van der Waals surface area (Å²) in [6.45, 7) is 8.73. The van der Waals surface area contributed by atoms with Gasteiger partial charge >= 0.3 is 5.97 Å². The lowest BCUT2D eigenvalue weighted by Crippen LogP contribution is -2.19. The van der Waals surface area contributed by atoms with Crippen LogP contribution in [0.4, 0.5) is 0 Å². The molecule has 34 heavy (non-hydrogen) atoms. The van der Waals surface area contributed by atoms with Crippen LogP contribution in [0.25, 0.3) is 5.69 Å². The maximum Gasteiger partial charge on any atom is 0.310 e. The van der Waals surface area contributed by atoms with Crippen LogP contribution in [0, 0.1) is 13.8 Å². The number of aryl methyl sites for hydroxylation is 1. The summed E-state index contributed by atoms with van der Waals surface area (Å²) in [5.74, 6) is 0.367. The number of benzene rings is 2. The first-order chi connectivity index (χ1) is 16.4. The maximum atomic E-state index is 12.2. The van der Waals surface area contributed by atoms with Crippen LogP contribution in [0.5, 0.6) is 5.75 Å². The number of nitrogens with one attached hydrogen (secondary N) is 1. The average molecular weight is 462 g/mol. The quantitative estimate of drug-likeness (QED) is 0.277. The molecule has 0 aliphatic carbocycles. The Kier molecular flexibility index (Phi) is 8.62. The molecule has 1 N–H and O–H groups in total. The number of carbonyl (C=O) groups is 2. The average Bonchev–Trinajstić information content (AvgIpc) is 3.09. The standard InChI is InChI=1S/C27H31N3O4/c1-5-33-25-13-9-21(10-14-25)16-26(31)29-28-18-23-15-19(3)30(20(23)4)24-11-7-22(8-12-24)17-27(32)34-6-2/h7-15,18H,5-6,16-17H2,1-4H3,(H,29,31)/b28-18-. The number of hydrogen-bond acceptors (Lipinski definition) is 5. The van der Waals surface area contributed by atoms with Crippen molar-refractivity contribution in [2.24, 2.45) is 5.10 Å². The van der Waals surface area contributed by atoms with Crippen molar-refractivity contribution in [3.8, 4) is 11.4 Å². The van der Waals surface area contributed by atoms with Crippen molar-refractivity contribution in [2.75, 3.05) is 13.2 Å². The Hall–Kier alpha value is -3.87. The third kappa shape index (κ3) is 6.57. The second-order valence-electron chi connectivity index (χ2n) is 7.86. The van der Waals surface area contributed by atoms with Gasteiger partial charge in [-0.25, -0.2) is 5.43 Å². The van der Waals surface area contributed by atoms with E-state index in [9.17, 15) is 9.59 Å². The fraction of sp³-hybridized carbons (Fsp3) is 0.296. The lowest BCUT2D eigenvalue weighted by atomic mass is 10.1. The van der Waals surface area contributed by atoms with Gasteiger partial charge in [0.2, 0.25) is 5.91 Å².